The predicted octanol–water partition coefficient (Wildman–Crippen LogP) is 5.92. The molecule has 1 aliphatic rings. The van der Waals surface area contributed by atoms with Gasteiger partial charge in [0.05, 0.1) is 17.5 Å². The Kier molecular flexibility index (Phi) is 4.80. The summed E-state index contributed by atoms with van der Waals surface area (Å²) in [6.07, 6.45) is -2.42. The number of rotatable bonds is 2. The summed E-state index contributed by atoms with van der Waals surface area (Å²) in [5, 5.41) is 0.325. The van der Waals surface area contributed by atoms with E-state index in [2.05, 4.69) is 4.98 Å². The van der Waals surface area contributed by atoms with Gasteiger partial charge in [-0.25, -0.2) is 8.78 Å². The van der Waals surface area contributed by atoms with E-state index in [4.69, 9.17) is 16.6 Å². The van der Waals surface area contributed by atoms with Crippen LogP contribution in [0.4, 0.5) is 22.0 Å². The molecule has 0 atom stereocenters. The van der Waals surface area contributed by atoms with Crippen LogP contribution in [0.5, 0.6) is 0 Å². The average molecular weight is 426 g/mol. The fourth-order valence-corrected chi connectivity index (χ4v) is 3.65. The normalized spacial score (nSPS) is 16.9. The van der Waals surface area contributed by atoms with E-state index < -0.39 is 17.7 Å². The maximum atomic E-state index is 13.4. The van der Waals surface area contributed by atoms with E-state index in [1.807, 2.05) is 0 Å². The standard InChI is InChI=1S/C20H15F5N2OS/c21-19(22)4-6-27(7-5-19)18(29)13-1-2-16(26-11-13)14-9-12-3-8-28-17(12)15(10-14)20(23,24)25/h1-3,8-11H,4-7H2. The van der Waals surface area contributed by atoms with Crippen molar-refractivity contribution in [1.82, 2.24) is 9.88 Å². The molecule has 29 heavy (non-hydrogen) atoms. The molecule has 0 saturated carbocycles. The van der Waals surface area contributed by atoms with E-state index >= 15 is 0 Å². The van der Waals surface area contributed by atoms with Crippen molar-refractivity contribution in [2.75, 3.05) is 13.1 Å². The molecule has 1 aliphatic heterocycles. The highest BCUT2D eigenvalue weighted by Gasteiger charge is 2.36. The monoisotopic (exact) mass is 426 g/mol. The zero-order chi connectivity index (χ0) is 20.8. The van der Waals surface area contributed by atoms with Crippen molar-refractivity contribution < 1.29 is 26.4 Å². The molecule has 1 aromatic carbocycles. The molecule has 0 unspecified atom stereocenters. The SMILES string of the molecule is FC1(F)CCN(C(=S)c2ccc(-c3cc(C(F)(F)F)c4occc4c3)nc2)CC1. The van der Waals surface area contributed by atoms with Gasteiger partial charge in [-0.2, -0.15) is 13.2 Å². The Morgan fingerprint density at radius 3 is 2.45 bits per heavy atom. The van der Waals surface area contributed by atoms with Crippen molar-refractivity contribution >= 4 is 28.2 Å². The minimum absolute atomic E-state index is 0.152. The first-order valence-corrected chi connectivity index (χ1v) is 9.27. The van der Waals surface area contributed by atoms with E-state index in [9.17, 15) is 22.0 Å². The Morgan fingerprint density at radius 1 is 1.10 bits per heavy atom. The number of hydrogen-bond donors (Lipinski definition) is 0. The van der Waals surface area contributed by atoms with Gasteiger partial charge in [-0.3, -0.25) is 4.98 Å². The van der Waals surface area contributed by atoms with Gasteiger partial charge in [-0.05, 0) is 30.3 Å². The number of pyridine rings is 1. The van der Waals surface area contributed by atoms with Gasteiger partial charge in [0, 0.05) is 48.6 Å². The van der Waals surface area contributed by atoms with Crippen LogP contribution in [0.1, 0.15) is 24.0 Å². The number of benzene rings is 1. The smallest absolute Gasteiger partial charge is 0.420 e. The second-order valence-corrected chi connectivity index (χ2v) is 7.33. The van der Waals surface area contributed by atoms with Gasteiger partial charge in [0.2, 0.25) is 0 Å². The topological polar surface area (TPSA) is 29.3 Å². The van der Waals surface area contributed by atoms with Crippen LogP contribution < -0.4 is 0 Å². The number of nitrogens with zero attached hydrogens (tertiary/aromatic N) is 2. The Labute approximate surface area is 168 Å². The number of piperidine rings is 1. The van der Waals surface area contributed by atoms with Crippen LogP contribution in [0.2, 0.25) is 0 Å². The van der Waals surface area contributed by atoms with Gasteiger partial charge in [-0.15, -0.1) is 0 Å². The molecular weight excluding hydrogens is 411 g/mol. The first-order chi connectivity index (χ1) is 13.6. The van der Waals surface area contributed by atoms with Gasteiger partial charge >= 0.3 is 6.18 Å². The second kappa shape index (κ2) is 7.05. The van der Waals surface area contributed by atoms with Crippen LogP contribution in [0, 0.1) is 0 Å². The van der Waals surface area contributed by atoms with Crippen molar-refractivity contribution in [2.45, 2.75) is 24.9 Å². The number of likely N-dealkylation sites (tertiary alicyclic amines) is 1. The van der Waals surface area contributed by atoms with Crippen molar-refractivity contribution in [2.24, 2.45) is 0 Å². The first kappa shape index (κ1) is 19.8. The van der Waals surface area contributed by atoms with E-state index in [0.29, 0.717) is 27.2 Å². The van der Waals surface area contributed by atoms with Crippen LogP contribution >= 0.6 is 12.2 Å². The zero-order valence-corrected chi connectivity index (χ0v) is 15.8. The molecule has 3 heterocycles. The number of hydrogen-bond acceptors (Lipinski definition) is 3. The Morgan fingerprint density at radius 2 is 1.83 bits per heavy atom. The number of aromatic nitrogens is 1. The van der Waals surface area contributed by atoms with Crippen molar-refractivity contribution in [1.29, 1.82) is 0 Å². The molecule has 152 valence electrons. The van der Waals surface area contributed by atoms with Crippen LogP contribution in [-0.2, 0) is 6.18 Å². The summed E-state index contributed by atoms with van der Waals surface area (Å²) in [5.74, 6) is -2.67. The summed E-state index contributed by atoms with van der Waals surface area (Å²) in [6.45, 7) is 0.305. The molecule has 1 fully saturated rings. The van der Waals surface area contributed by atoms with Gasteiger partial charge in [-0.1, -0.05) is 12.2 Å². The minimum atomic E-state index is -4.57. The molecule has 3 nitrogen and oxygen atoms in total. The summed E-state index contributed by atoms with van der Waals surface area (Å²) in [5.41, 5.74) is 0.109. The predicted molar refractivity (Wildman–Crippen MR) is 102 cm³/mol. The average Bonchev–Trinajstić information content (AvgIpc) is 3.14. The molecule has 0 N–H and O–H groups in total. The van der Waals surface area contributed by atoms with Gasteiger partial charge in [0.15, 0.2) is 0 Å². The lowest BCUT2D eigenvalue weighted by atomic mass is 10.0. The van der Waals surface area contributed by atoms with Crippen molar-refractivity contribution in [3.63, 3.8) is 0 Å². The summed E-state index contributed by atoms with van der Waals surface area (Å²) in [7, 11) is 0. The third kappa shape index (κ3) is 3.96. The van der Waals surface area contributed by atoms with Crippen LogP contribution in [0.3, 0.4) is 0 Å². The third-order valence-electron chi connectivity index (χ3n) is 4.94. The van der Waals surface area contributed by atoms with E-state index in [1.165, 1.54) is 18.5 Å². The number of halogens is 5. The number of thiocarbonyl (C=S) groups is 1. The molecule has 1 saturated heterocycles. The summed E-state index contributed by atoms with van der Waals surface area (Å²) in [6, 6.07) is 7.25. The van der Waals surface area contributed by atoms with Crippen LogP contribution in [0.15, 0.2) is 47.2 Å². The van der Waals surface area contributed by atoms with Crippen LogP contribution in [-0.4, -0.2) is 33.9 Å². The maximum absolute atomic E-state index is 13.4. The molecule has 0 radical (unpaired) electrons. The van der Waals surface area contributed by atoms with Crippen LogP contribution in [0.25, 0.3) is 22.2 Å². The molecule has 3 aromatic rings. The molecule has 0 amide bonds. The molecule has 0 spiro atoms. The minimum Gasteiger partial charge on any atom is -0.464 e. The maximum Gasteiger partial charge on any atom is 0.420 e. The fourth-order valence-electron chi connectivity index (χ4n) is 3.35. The number of furan rings is 1. The largest absolute Gasteiger partial charge is 0.464 e. The molecule has 9 heteroatoms. The Bertz CT molecular complexity index is 1050. The second-order valence-electron chi connectivity index (χ2n) is 6.94. The highest BCUT2D eigenvalue weighted by atomic mass is 32.1. The fraction of sp³-hybridized carbons (Fsp3) is 0.300. The number of fused-ring (bicyclic) bond motifs is 1. The molecule has 0 aliphatic carbocycles. The molecule has 0 bridgehead atoms. The molecular formula is C20H15F5N2OS. The van der Waals surface area contributed by atoms with E-state index in [-0.39, 0.29) is 31.5 Å². The van der Waals surface area contributed by atoms with Gasteiger partial charge < -0.3 is 9.32 Å². The summed E-state index contributed by atoms with van der Waals surface area (Å²) < 4.78 is 71.7. The zero-order valence-electron chi connectivity index (χ0n) is 15.0. The summed E-state index contributed by atoms with van der Waals surface area (Å²) in [4.78, 5) is 6.35. The highest BCUT2D eigenvalue weighted by Crippen LogP contribution is 2.38. The number of alkyl halides is 5. The summed E-state index contributed by atoms with van der Waals surface area (Å²) >= 11 is 5.38. The Hall–Kier alpha value is -2.55. The lowest BCUT2D eigenvalue weighted by molar-refractivity contribution is -0.136. The van der Waals surface area contributed by atoms with Crippen molar-refractivity contribution in [3.05, 3.63) is 53.9 Å². The first-order valence-electron chi connectivity index (χ1n) is 8.86. The molecule has 4 rings (SSSR count). The highest BCUT2D eigenvalue weighted by molar-refractivity contribution is 7.80. The van der Waals surface area contributed by atoms with E-state index in [0.717, 1.165) is 6.07 Å². The van der Waals surface area contributed by atoms with E-state index in [1.54, 1.807) is 23.1 Å². The lowest BCUT2D eigenvalue weighted by Gasteiger charge is -2.33. The molecule has 2 aromatic heterocycles. The Balaban J connectivity index is 1.61. The lowest BCUT2D eigenvalue weighted by Crippen LogP contribution is -2.42. The van der Waals surface area contributed by atoms with Gasteiger partial charge in [0.1, 0.15) is 10.6 Å². The van der Waals surface area contributed by atoms with Crippen molar-refractivity contribution in [3.8, 4) is 11.3 Å². The quantitative estimate of drug-likeness (QED) is 0.376. The van der Waals surface area contributed by atoms with Gasteiger partial charge in [0.25, 0.3) is 5.92 Å². The third-order valence-corrected chi connectivity index (χ3v) is 5.44.